The topological polar surface area (TPSA) is 75.4 Å². The molecule has 0 spiro atoms. The Morgan fingerprint density at radius 3 is 2.39 bits per heavy atom. The van der Waals surface area contributed by atoms with E-state index in [1.54, 1.807) is 36.1 Å². The molecule has 0 aliphatic carbocycles. The normalized spacial score (nSPS) is 18.1. The molecule has 6 heteroatoms. The van der Waals surface area contributed by atoms with E-state index in [0.29, 0.717) is 30.6 Å². The Morgan fingerprint density at radius 2 is 1.72 bits per heavy atom. The molecule has 0 bridgehead atoms. The van der Waals surface area contributed by atoms with Crippen LogP contribution in [0.15, 0.2) is 66.7 Å². The van der Waals surface area contributed by atoms with Crippen LogP contribution in [0.2, 0.25) is 0 Å². The quantitative estimate of drug-likeness (QED) is 0.427. The van der Waals surface area contributed by atoms with Crippen molar-refractivity contribution in [2.24, 2.45) is 5.92 Å². The van der Waals surface area contributed by atoms with Crippen LogP contribution >= 0.6 is 0 Å². The summed E-state index contributed by atoms with van der Waals surface area (Å²) in [5, 5.41) is 3.08. The zero-order valence-electron chi connectivity index (χ0n) is 21.3. The van der Waals surface area contributed by atoms with Crippen LogP contribution < -0.4 is 11.1 Å². The van der Waals surface area contributed by atoms with Crippen molar-refractivity contribution in [2.45, 2.75) is 52.0 Å². The fourth-order valence-electron chi connectivity index (χ4n) is 4.95. The lowest BCUT2D eigenvalue weighted by Gasteiger charge is -2.41. The van der Waals surface area contributed by atoms with Gasteiger partial charge in [0.2, 0.25) is 5.91 Å². The predicted molar refractivity (Wildman–Crippen MR) is 142 cm³/mol. The molecule has 1 unspecified atom stereocenters. The minimum atomic E-state index is -0.554. The molecule has 1 heterocycles. The Kier molecular flexibility index (Phi) is 7.16. The van der Waals surface area contributed by atoms with E-state index >= 15 is 0 Å². The number of anilines is 2. The first kappa shape index (κ1) is 25.4. The van der Waals surface area contributed by atoms with Gasteiger partial charge in [-0.2, -0.15) is 0 Å². The number of piperidine rings is 1. The largest absolute Gasteiger partial charge is 0.399 e. The van der Waals surface area contributed by atoms with E-state index in [9.17, 15) is 14.0 Å². The molecule has 2 atom stereocenters. The lowest BCUT2D eigenvalue weighted by atomic mass is 9.83. The van der Waals surface area contributed by atoms with Gasteiger partial charge >= 0.3 is 0 Å². The number of amides is 2. The number of benzene rings is 3. The molecule has 0 aromatic heterocycles. The van der Waals surface area contributed by atoms with Crippen molar-refractivity contribution >= 4 is 23.2 Å². The smallest absolute Gasteiger partial charge is 0.257 e. The minimum absolute atomic E-state index is 0.0527. The first-order chi connectivity index (χ1) is 17.1. The van der Waals surface area contributed by atoms with Crippen LogP contribution in [0.5, 0.6) is 0 Å². The van der Waals surface area contributed by atoms with E-state index in [0.717, 1.165) is 16.8 Å². The Balaban J connectivity index is 1.70. The number of likely N-dealkylation sites (tertiary alicyclic amines) is 1. The molecule has 3 aromatic carbocycles. The van der Waals surface area contributed by atoms with Crippen LogP contribution in [0, 0.1) is 18.7 Å². The van der Waals surface area contributed by atoms with Crippen molar-refractivity contribution in [1.29, 1.82) is 0 Å². The molecule has 5 nitrogen and oxygen atoms in total. The standard InChI is InChI=1S/C30H34FN3O2/c1-19-8-5-12-25(31)26(19)29(36)34-17-7-11-24(27(34)20-13-15-22(32)16-14-20)28(35)33-23-10-6-9-21(18-23)30(2,3)4/h5-6,8-10,12-16,18,24,27H,7,11,17,32H2,1-4H3,(H,33,35)/t24?,27-/m0/s1. The summed E-state index contributed by atoms with van der Waals surface area (Å²) >= 11 is 0. The second-order valence-corrected chi connectivity index (χ2v) is 10.6. The number of halogens is 1. The Hall–Kier alpha value is -3.67. The predicted octanol–water partition coefficient (Wildman–Crippen LogP) is 6.25. The SMILES string of the molecule is Cc1cccc(F)c1C(=O)N1CCCC(C(=O)Nc2cccc(C(C)(C)C)c2)[C@@H]1c1ccc(N)cc1. The summed E-state index contributed by atoms with van der Waals surface area (Å²) in [6.45, 7) is 8.54. The number of rotatable bonds is 4. The molecule has 0 saturated carbocycles. The fourth-order valence-corrected chi connectivity index (χ4v) is 4.95. The zero-order chi connectivity index (χ0) is 26.0. The van der Waals surface area contributed by atoms with Gasteiger partial charge in [-0.3, -0.25) is 9.59 Å². The van der Waals surface area contributed by atoms with Crippen LogP contribution in [0.3, 0.4) is 0 Å². The van der Waals surface area contributed by atoms with E-state index < -0.39 is 23.7 Å². The van der Waals surface area contributed by atoms with Crippen LogP contribution in [-0.4, -0.2) is 23.3 Å². The summed E-state index contributed by atoms with van der Waals surface area (Å²) < 4.78 is 14.8. The summed E-state index contributed by atoms with van der Waals surface area (Å²) in [7, 11) is 0. The van der Waals surface area contributed by atoms with Crippen molar-refractivity contribution in [3.8, 4) is 0 Å². The molecule has 3 aromatic rings. The van der Waals surface area contributed by atoms with Gasteiger partial charge in [-0.05, 0) is 72.2 Å². The van der Waals surface area contributed by atoms with Gasteiger partial charge in [-0.15, -0.1) is 0 Å². The van der Waals surface area contributed by atoms with Gasteiger partial charge < -0.3 is 16.0 Å². The van der Waals surface area contributed by atoms with Gasteiger partial charge in [0.1, 0.15) is 5.82 Å². The number of nitrogens with two attached hydrogens (primary N) is 1. The fraction of sp³-hybridized carbons (Fsp3) is 0.333. The van der Waals surface area contributed by atoms with Gasteiger partial charge in [0.05, 0.1) is 17.5 Å². The van der Waals surface area contributed by atoms with Crippen LogP contribution in [0.4, 0.5) is 15.8 Å². The van der Waals surface area contributed by atoms with E-state index in [2.05, 4.69) is 26.1 Å². The second-order valence-electron chi connectivity index (χ2n) is 10.6. The average molecular weight is 488 g/mol. The monoisotopic (exact) mass is 487 g/mol. The highest BCUT2D eigenvalue weighted by Crippen LogP contribution is 2.39. The zero-order valence-corrected chi connectivity index (χ0v) is 21.3. The molecule has 1 fully saturated rings. The van der Waals surface area contributed by atoms with Crippen molar-refractivity contribution in [3.63, 3.8) is 0 Å². The number of hydrogen-bond donors (Lipinski definition) is 2. The Labute approximate surface area is 212 Å². The summed E-state index contributed by atoms with van der Waals surface area (Å²) in [6.07, 6.45) is 1.25. The molecular weight excluding hydrogens is 453 g/mol. The van der Waals surface area contributed by atoms with Gasteiger partial charge in [0, 0.05) is 17.9 Å². The molecule has 188 valence electrons. The molecule has 2 amide bonds. The summed E-state index contributed by atoms with van der Waals surface area (Å²) in [4.78, 5) is 29.0. The number of nitrogen functional groups attached to an aromatic ring is 1. The molecular formula is C30H34FN3O2. The molecule has 1 saturated heterocycles. The first-order valence-electron chi connectivity index (χ1n) is 12.4. The molecule has 1 aliphatic heterocycles. The Bertz CT molecular complexity index is 1240. The van der Waals surface area contributed by atoms with Crippen LogP contribution in [-0.2, 0) is 10.2 Å². The van der Waals surface area contributed by atoms with Crippen LogP contribution in [0.1, 0.15) is 66.7 Å². The average Bonchev–Trinajstić information content (AvgIpc) is 2.83. The highest BCUT2D eigenvalue weighted by Gasteiger charge is 2.40. The third-order valence-corrected chi connectivity index (χ3v) is 6.94. The van der Waals surface area contributed by atoms with Gasteiger partial charge in [-0.1, -0.05) is 57.2 Å². The van der Waals surface area contributed by atoms with Crippen molar-refractivity contribution < 1.29 is 14.0 Å². The van der Waals surface area contributed by atoms with E-state index in [1.807, 2.05) is 36.4 Å². The van der Waals surface area contributed by atoms with Gasteiger partial charge in [0.15, 0.2) is 0 Å². The number of hydrogen-bond acceptors (Lipinski definition) is 3. The lowest BCUT2D eigenvalue weighted by Crippen LogP contribution is -2.46. The maximum Gasteiger partial charge on any atom is 0.257 e. The summed E-state index contributed by atoms with van der Waals surface area (Å²) in [6, 6.07) is 19.2. The van der Waals surface area contributed by atoms with Crippen molar-refractivity contribution in [3.05, 3.63) is 94.8 Å². The Morgan fingerprint density at radius 1 is 1.03 bits per heavy atom. The highest BCUT2D eigenvalue weighted by atomic mass is 19.1. The van der Waals surface area contributed by atoms with E-state index in [4.69, 9.17) is 5.73 Å². The molecule has 36 heavy (non-hydrogen) atoms. The molecule has 0 radical (unpaired) electrons. The molecule has 4 rings (SSSR count). The van der Waals surface area contributed by atoms with Gasteiger partial charge in [0.25, 0.3) is 5.91 Å². The van der Waals surface area contributed by atoms with Crippen molar-refractivity contribution in [1.82, 2.24) is 4.90 Å². The van der Waals surface area contributed by atoms with Crippen LogP contribution in [0.25, 0.3) is 0 Å². The van der Waals surface area contributed by atoms with E-state index in [-0.39, 0.29) is 16.9 Å². The summed E-state index contributed by atoms with van der Waals surface area (Å²) in [5.74, 6) is -1.62. The third kappa shape index (κ3) is 5.27. The maximum atomic E-state index is 14.8. The highest BCUT2D eigenvalue weighted by molar-refractivity contribution is 5.98. The number of carbonyl (C=O) groups excluding carboxylic acids is 2. The van der Waals surface area contributed by atoms with Crippen molar-refractivity contribution in [2.75, 3.05) is 17.6 Å². The maximum absolute atomic E-state index is 14.8. The lowest BCUT2D eigenvalue weighted by molar-refractivity contribution is -0.123. The number of carbonyl (C=O) groups is 2. The number of aryl methyl sites for hydroxylation is 1. The third-order valence-electron chi connectivity index (χ3n) is 6.94. The number of nitrogens with one attached hydrogen (secondary N) is 1. The molecule has 1 aliphatic rings. The molecule has 3 N–H and O–H groups in total. The number of nitrogens with zero attached hydrogens (tertiary/aromatic N) is 1. The minimum Gasteiger partial charge on any atom is -0.399 e. The van der Waals surface area contributed by atoms with E-state index in [1.165, 1.54) is 6.07 Å². The second kappa shape index (κ2) is 10.1. The van der Waals surface area contributed by atoms with Gasteiger partial charge in [-0.25, -0.2) is 4.39 Å². The first-order valence-corrected chi connectivity index (χ1v) is 12.4. The summed E-state index contributed by atoms with van der Waals surface area (Å²) in [5.41, 5.74) is 9.72.